The maximum atomic E-state index is 13.1. The van der Waals surface area contributed by atoms with Gasteiger partial charge in [-0.2, -0.15) is 0 Å². The highest BCUT2D eigenvalue weighted by Gasteiger charge is 2.26. The highest BCUT2D eigenvalue weighted by atomic mass is 16.5. The van der Waals surface area contributed by atoms with E-state index < -0.39 is 6.04 Å². The molecule has 0 spiro atoms. The lowest BCUT2D eigenvalue weighted by Crippen LogP contribution is -2.49. The second-order valence-electron chi connectivity index (χ2n) is 8.34. The fourth-order valence-electron chi connectivity index (χ4n) is 3.19. The monoisotopic (exact) mass is 424 g/mol. The van der Waals surface area contributed by atoms with Crippen molar-refractivity contribution in [2.45, 2.75) is 66.0 Å². The molecule has 5 nitrogen and oxygen atoms in total. The lowest BCUT2D eigenvalue weighted by atomic mass is 10.0. The molecule has 2 amide bonds. The van der Waals surface area contributed by atoms with Crippen molar-refractivity contribution in [3.63, 3.8) is 0 Å². The molecule has 5 heteroatoms. The molecule has 0 heterocycles. The van der Waals surface area contributed by atoms with E-state index in [1.54, 1.807) is 11.8 Å². The molecule has 1 unspecified atom stereocenters. The first-order valence-electron chi connectivity index (χ1n) is 11.2. The Morgan fingerprint density at radius 1 is 1.00 bits per heavy atom. The highest BCUT2D eigenvalue weighted by molar-refractivity contribution is 5.87. The SMILES string of the molecule is CCCCNC(=O)C(C)N(Cc1ccc(C)cc1)C(=O)COc1ccc(C(C)C)cc1. The first-order valence-corrected chi connectivity index (χ1v) is 11.2. The normalized spacial score (nSPS) is 11.8. The number of unbranched alkanes of at least 4 members (excludes halogenated alkanes) is 1. The van der Waals surface area contributed by atoms with Gasteiger partial charge in [0.1, 0.15) is 11.8 Å². The summed E-state index contributed by atoms with van der Waals surface area (Å²) in [4.78, 5) is 27.3. The van der Waals surface area contributed by atoms with E-state index in [2.05, 4.69) is 26.1 Å². The summed E-state index contributed by atoms with van der Waals surface area (Å²) < 4.78 is 5.75. The molecule has 0 aliphatic rings. The summed E-state index contributed by atoms with van der Waals surface area (Å²) in [6.45, 7) is 11.0. The molecule has 1 N–H and O–H groups in total. The first-order chi connectivity index (χ1) is 14.8. The van der Waals surface area contributed by atoms with Crippen LogP contribution in [0.25, 0.3) is 0 Å². The number of benzene rings is 2. The summed E-state index contributed by atoms with van der Waals surface area (Å²) >= 11 is 0. The van der Waals surface area contributed by atoms with Crippen molar-refractivity contribution < 1.29 is 14.3 Å². The van der Waals surface area contributed by atoms with Crippen LogP contribution in [0.15, 0.2) is 48.5 Å². The number of rotatable bonds is 11. The second-order valence-corrected chi connectivity index (χ2v) is 8.34. The summed E-state index contributed by atoms with van der Waals surface area (Å²) in [6.07, 6.45) is 1.92. The van der Waals surface area contributed by atoms with Gasteiger partial charge in [-0.25, -0.2) is 0 Å². The molecule has 2 rings (SSSR count). The predicted molar refractivity (Wildman–Crippen MR) is 125 cm³/mol. The van der Waals surface area contributed by atoms with Crippen molar-refractivity contribution in [1.29, 1.82) is 0 Å². The van der Waals surface area contributed by atoms with Crippen LogP contribution in [0.1, 0.15) is 63.1 Å². The average molecular weight is 425 g/mol. The smallest absolute Gasteiger partial charge is 0.261 e. The Bertz CT molecular complexity index is 829. The van der Waals surface area contributed by atoms with E-state index in [1.165, 1.54) is 5.56 Å². The molecular formula is C26H36N2O3. The molecule has 0 radical (unpaired) electrons. The van der Waals surface area contributed by atoms with E-state index >= 15 is 0 Å². The summed E-state index contributed by atoms with van der Waals surface area (Å²) in [6, 6.07) is 15.2. The van der Waals surface area contributed by atoms with Crippen molar-refractivity contribution in [1.82, 2.24) is 10.2 Å². The van der Waals surface area contributed by atoms with Gasteiger partial charge in [0.15, 0.2) is 6.61 Å². The quantitative estimate of drug-likeness (QED) is 0.526. The van der Waals surface area contributed by atoms with Gasteiger partial charge in [-0.3, -0.25) is 9.59 Å². The maximum Gasteiger partial charge on any atom is 0.261 e. The number of carbonyl (C=O) groups is 2. The Kier molecular flexibility index (Phi) is 9.57. The summed E-state index contributed by atoms with van der Waals surface area (Å²) in [5.74, 6) is 0.725. The minimum absolute atomic E-state index is 0.112. The van der Waals surface area contributed by atoms with E-state index in [9.17, 15) is 9.59 Å². The highest BCUT2D eigenvalue weighted by Crippen LogP contribution is 2.19. The second kappa shape index (κ2) is 12.1. The molecule has 0 aromatic heterocycles. The molecule has 31 heavy (non-hydrogen) atoms. The van der Waals surface area contributed by atoms with Gasteiger partial charge in [-0.1, -0.05) is 69.2 Å². The first kappa shape index (κ1) is 24.4. The fourth-order valence-corrected chi connectivity index (χ4v) is 3.19. The van der Waals surface area contributed by atoms with Crippen molar-refractivity contribution in [2.24, 2.45) is 0 Å². The molecule has 0 saturated carbocycles. The van der Waals surface area contributed by atoms with Gasteiger partial charge in [-0.15, -0.1) is 0 Å². The third kappa shape index (κ3) is 7.74. The minimum atomic E-state index is -0.586. The summed E-state index contributed by atoms with van der Waals surface area (Å²) in [5.41, 5.74) is 3.35. The summed E-state index contributed by atoms with van der Waals surface area (Å²) in [7, 11) is 0. The lowest BCUT2D eigenvalue weighted by Gasteiger charge is -2.29. The van der Waals surface area contributed by atoms with Gasteiger partial charge in [0.05, 0.1) is 0 Å². The van der Waals surface area contributed by atoms with Crippen molar-refractivity contribution >= 4 is 11.8 Å². The van der Waals surface area contributed by atoms with Crippen LogP contribution in [0.2, 0.25) is 0 Å². The van der Waals surface area contributed by atoms with Crippen molar-refractivity contribution in [2.75, 3.05) is 13.2 Å². The number of aryl methyl sites for hydroxylation is 1. The Balaban J connectivity index is 2.08. The van der Waals surface area contributed by atoms with Crippen LogP contribution < -0.4 is 10.1 Å². The largest absolute Gasteiger partial charge is 0.484 e. The molecule has 168 valence electrons. The topological polar surface area (TPSA) is 58.6 Å². The number of carbonyl (C=O) groups excluding carboxylic acids is 2. The Morgan fingerprint density at radius 2 is 1.65 bits per heavy atom. The number of hydrogen-bond acceptors (Lipinski definition) is 3. The third-order valence-electron chi connectivity index (χ3n) is 5.38. The van der Waals surface area contributed by atoms with Crippen LogP contribution in [0, 0.1) is 6.92 Å². The molecule has 2 aromatic carbocycles. The fraction of sp³-hybridized carbons (Fsp3) is 0.462. The number of amides is 2. The van der Waals surface area contributed by atoms with Gasteiger partial charge in [0.25, 0.3) is 5.91 Å². The number of nitrogens with one attached hydrogen (secondary N) is 1. The van der Waals surface area contributed by atoms with Crippen LogP contribution in [-0.2, 0) is 16.1 Å². The van der Waals surface area contributed by atoms with Crippen LogP contribution in [0.5, 0.6) is 5.75 Å². The molecule has 0 saturated heterocycles. The summed E-state index contributed by atoms with van der Waals surface area (Å²) in [5, 5.41) is 2.93. The zero-order valence-corrected chi connectivity index (χ0v) is 19.5. The predicted octanol–water partition coefficient (Wildman–Crippen LogP) is 4.83. The number of nitrogens with zero attached hydrogens (tertiary/aromatic N) is 1. The van der Waals surface area contributed by atoms with E-state index in [-0.39, 0.29) is 18.4 Å². The minimum Gasteiger partial charge on any atom is -0.484 e. The number of ether oxygens (including phenoxy) is 1. The van der Waals surface area contributed by atoms with E-state index in [0.29, 0.717) is 24.8 Å². The molecule has 0 aliphatic heterocycles. The van der Waals surface area contributed by atoms with E-state index in [4.69, 9.17) is 4.74 Å². The Labute approximate surface area is 186 Å². The van der Waals surface area contributed by atoms with Crippen LogP contribution in [0.3, 0.4) is 0 Å². The van der Waals surface area contributed by atoms with Crippen LogP contribution >= 0.6 is 0 Å². The van der Waals surface area contributed by atoms with Crippen molar-refractivity contribution in [3.05, 3.63) is 65.2 Å². The molecule has 0 fully saturated rings. The Morgan fingerprint density at radius 3 is 2.23 bits per heavy atom. The zero-order chi connectivity index (χ0) is 22.8. The van der Waals surface area contributed by atoms with E-state index in [0.717, 1.165) is 24.0 Å². The molecule has 0 aliphatic carbocycles. The van der Waals surface area contributed by atoms with Gasteiger partial charge in [-0.05, 0) is 49.4 Å². The molecule has 2 aromatic rings. The molecular weight excluding hydrogens is 388 g/mol. The average Bonchev–Trinajstić information content (AvgIpc) is 2.77. The van der Waals surface area contributed by atoms with Gasteiger partial charge >= 0.3 is 0 Å². The van der Waals surface area contributed by atoms with Gasteiger partial charge in [0.2, 0.25) is 5.91 Å². The Hall–Kier alpha value is -2.82. The van der Waals surface area contributed by atoms with Crippen LogP contribution in [0.4, 0.5) is 0 Å². The number of hydrogen-bond donors (Lipinski definition) is 1. The van der Waals surface area contributed by atoms with Gasteiger partial charge < -0.3 is 15.0 Å². The lowest BCUT2D eigenvalue weighted by molar-refractivity contribution is -0.142. The zero-order valence-electron chi connectivity index (χ0n) is 19.5. The molecule has 0 bridgehead atoms. The van der Waals surface area contributed by atoms with Gasteiger partial charge in [0, 0.05) is 13.1 Å². The van der Waals surface area contributed by atoms with Crippen molar-refractivity contribution in [3.8, 4) is 5.75 Å². The maximum absolute atomic E-state index is 13.1. The third-order valence-corrected chi connectivity index (χ3v) is 5.38. The molecule has 1 atom stereocenters. The van der Waals surface area contributed by atoms with E-state index in [1.807, 2.05) is 55.5 Å². The standard InChI is InChI=1S/C26H36N2O3/c1-6-7-16-27-26(30)21(5)28(17-22-10-8-20(4)9-11-22)25(29)18-31-24-14-12-23(13-15-24)19(2)3/h8-15,19,21H,6-7,16-18H2,1-5H3,(H,27,30). The van der Waals surface area contributed by atoms with Crippen LogP contribution in [-0.4, -0.2) is 35.9 Å².